The van der Waals surface area contributed by atoms with Crippen LogP contribution < -0.4 is 15.4 Å². The Kier molecular flexibility index (Phi) is 9.15. The topological polar surface area (TPSA) is 85.6 Å². The first-order valence-corrected chi connectivity index (χ1v) is 9.66. The molecule has 3 rings (SSSR count). The van der Waals surface area contributed by atoms with Gasteiger partial charge in [0, 0.05) is 39.1 Å². The van der Waals surface area contributed by atoms with E-state index in [9.17, 15) is 0 Å². The summed E-state index contributed by atoms with van der Waals surface area (Å²) in [6.07, 6.45) is 1.89. The Balaban J connectivity index is 0.00000300. The van der Waals surface area contributed by atoms with Gasteiger partial charge in [-0.25, -0.2) is 9.67 Å². The van der Waals surface area contributed by atoms with Crippen molar-refractivity contribution in [3.8, 4) is 5.75 Å². The first kappa shape index (κ1) is 23.4. The maximum atomic E-state index is 5.48. The third kappa shape index (κ3) is 6.05. The fourth-order valence-electron chi connectivity index (χ4n) is 3.49. The molecule has 1 aliphatic rings. The van der Waals surface area contributed by atoms with Crippen molar-refractivity contribution in [2.24, 2.45) is 4.99 Å². The predicted molar refractivity (Wildman–Crippen MR) is 124 cm³/mol. The minimum atomic E-state index is 0. The number of benzene rings is 1. The van der Waals surface area contributed by atoms with Crippen LogP contribution in [0.25, 0.3) is 0 Å². The summed E-state index contributed by atoms with van der Waals surface area (Å²) >= 11 is 0. The summed E-state index contributed by atoms with van der Waals surface area (Å²) in [5.74, 6) is 3.77. The van der Waals surface area contributed by atoms with E-state index in [1.165, 1.54) is 5.56 Å². The van der Waals surface area contributed by atoms with Crippen LogP contribution in [0.5, 0.6) is 5.75 Å². The fourth-order valence-corrected chi connectivity index (χ4v) is 3.49. The van der Waals surface area contributed by atoms with Crippen LogP contribution >= 0.6 is 24.0 Å². The largest absolute Gasteiger partial charge is 0.496 e. The lowest BCUT2D eigenvalue weighted by molar-refractivity contribution is 0.177. The van der Waals surface area contributed by atoms with Crippen LogP contribution in [0.4, 0.5) is 0 Å². The van der Waals surface area contributed by atoms with Crippen LogP contribution in [-0.4, -0.2) is 54.6 Å². The summed E-state index contributed by atoms with van der Waals surface area (Å²) < 4.78 is 12.6. The molecule has 8 nitrogen and oxygen atoms in total. The first-order valence-electron chi connectivity index (χ1n) is 9.66. The predicted octanol–water partition coefficient (Wildman–Crippen LogP) is 2.33. The van der Waals surface area contributed by atoms with Crippen LogP contribution in [0.2, 0.25) is 0 Å². The molecular weight excluding hydrogens is 483 g/mol. The summed E-state index contributed by atoms with van der Waals surface area (Å²) in [5.41, 5.74) is 1.18. The van der Waals surface area contributed by atoms with Crippen LogP contribution in [-0.2, 0) is 24.3 Å². The van der Waals surface area contributed by atoms with Crippen LogP contribution in [0, 0.1) is 0 Å². The molecule has 2 N–H and O–H groups in total. The SMILES string of the molecule is CN=C(NCC(C)c1ccccc1OC)NC1CCc2nc(COC)nn2C1.I. The average Bonchev–Trinajstić information content (AvgIpc) is 3.12. The van der Waals surface area contributed by atoms with Crippen molar-refractivity contribution in [1.29, 1.82) is 0 Å². The number of methoxy groups -OCH3 is 2. The van der Waals surface area contributed by atoms with Crippen molar-refractivity contribution in [2.75, 3.05) is 27.8 Å². The molecule has 0 radical (unpaired) electrons. The maximum Gasteiger partial charge on any atom is 0.191 e. The van der Waals surface area contributed by atoms with Gasteiger partial charge in [0.15, 0.2) is 11.8 Å². The molecule has 29 heavy (non-hydrogen) atoms. The number of guanidine groups is 1. The van der Waals surface area contributed by atoms with Crippen molar-refractivity contribution in [2.45, 2.75) is 44.9 Å². The maximum absolute atomic E-state index is 5.48. The minimum Gasteiger partial charge on any atom is -0.496 e. The van der Waals surface area contributed by atoms with Crippen molar-refractivity contribution >= 4 is 29.9 Å². The second-order valence-electron chi connectivity index (χ2n) is 7.04. The molecule has 1 aromatic heterocycles. The lowest BCUT2D eigenvalue weighted by Gasteiger charge is -2.26. The molecule has 2 aromatic rings. The van der Waals surface area contributed by atoms with E-state index in [0.29, 0.717) is 12.5 Å². The average molecular weight is 514 g/mol. The van der Waals surface area contributed by atoms with E-state index in [2.05, 4.69) is 38.7 Å². The molecule has 0 saturated heterocycles. The number of aryl methyl sites for hydroxylation is 1. The normalized spacial score (nSPS) is 17.1. The highest BCUT2D eigenvalue weighted by Crippen LogP contribution is 2.25. The van der Waals surface area contributed by atoms with Crippen molar-refractivity contribution in [3.63, 3.8) is 0 Å². The summed E-state index contributed by atoms with van der Waals surface area (Å²) in [5, 5.41) is 11.5. The number of hydrogen-bond acceptors (Lipinski definition) is 5. The molecule has 0 saturated carbocycles. The number of halogens is 1. The third-order valence-corrected chi connectivity index (χ3v) is 4.99. The summed E-state index contributed by atoms with van der Waals surface area (Å²) in [6, 6.07) is 8.39. The summed E-state index contributed by atoms with van der Waals surface area (Å²) in [7, 11) is 5.16. The van der Waals surface area contributed by atoms with E-state index in [-0.39, 0.29) is 30.0 Å². The van der Waals surface area contributed by atoms with Crippen molar-refractivity contribution in [1.82, 2.24) is 25.4 Å². The Morgan fingerprint density at radius 1 is 1.34 bits per heavy atom. The molecule has 9 heteroatoms. The summed E-state index contributed by atoms with van der Waals surface area (Å²) in [6.45, 7) is 4.16. The van der Waals surface area contributed by atoms with E-state index in [4.69, 9.17) is 9.47 Å². The van der Waals surface area contributed by atoms with Gasteiger partial charge in [-0.2, -0.15) is 5.10 Å². The number of nitrogens with zero attached hydrogens (tertiary/aromatic N) is 4. The highest BCUT2D eigenvalue weighted by atomic mass is 127. The van der Waals surface area contributed by atoms with Gasteiger partial charge in [0.05, 0.1) is 13.7 Å². The quantitative estimate of drug-likeness (QED) is 0.335. The Hall–Kier alpha value is -1.88. The first-order chi connectivity index (χ1) is 13.6. The molecule has 0 aliphatic carbocycles. The molecule has 2 unspecified atom stereocenters. The molecule has 2 heterocycles. The van der Waals surface area contributed by atoms with E-state index in [1.807, 2.05) is 22.9 Å². The number of para-hydroxylation sites is 1. The molecule has 0 amide bonds. The van der Waals surface area contributed by atoms with E-state index >= 15 is 0 Å². The number of rotatable bonds is 7. The Morgan fingerprint density at radius 2 is 2.14 bits per heavy atom. The van der Waals surface area contributed by atoms with Gasteiger partial charge in [-0.3, -0.25) is 4.99 Å². The Labute approximate surface area is 189 Å². The van der Waals surface area contributed by atoms with Crippen LogP contribution in [0.3, 0.4) is 0 Å². The number of nitrogens with one attached hydrogen (secondary N) is 2. The molecule has 0 fully saturated rings. The Morgan fingerprint density at radius 3 is 2.86 bits per heavy atom. The second-order valence-corrected chi connectivity index (χ2v) is 7.04. The molecular formula is C20H31IN6O2. The summed E-state index contributed by atoms with van der Waals surface area (Å²) in [4.78, 5) is 8.90. The number of ether oxygens (including phenoxy) is 2. The van der Waals surface area contributed by atoms with Gasteiger partial charge in [-0.15, -0.1) is 24.0 Å². The molecule has 1 aromatic carbocycles. The molecule has 0 spiro atoms. The van der Waals surface area contributed by atoms with Crippen molar-refractivity contribution < 1.29 is 9.47 Å². The standard InChI is InChI=1S/C20H30N6O2.HI/c1-14(16-7-5-6-8-17(16)28-4)11-22-20(21-2)23-15-9-10-19-24-18(13-27-3)25-26(19)12-15;/h5-8,14-15H,9-13H2,1-4H3,(H2,21,22,23);1H. The second kappa shape index (κ2) is 11.3. The highest BCUT2D eigenvalue weighted by Gasteiger charge is 2.22. The molecule has 0 bridgehead atoms. The highest BCUT2D eigenvalue weighted by molar-refractivity contribution is 14.0. The van der Waals surface area contributed by atoms with Gasteiger partial charge in [-0.05, 0) is 18.1 Å². The molecule has 1 aliphatic heterocycles. The van der Waals surface area contributed by atoms with Crippen molar-refractivity contribution in [3.05, 3.63) is 41.5 Å². The van der Waals surface area contributed by atoms with Gasteiger partial charge in [0.2, 0.25) is 0 Å². The molecule has 160 valence electrons. The third-order valence-electron chi connectivity index (χ3n) is 4.99. The van der Waals surface area contributed by atoms with E-state index < -0.39 is 0 Å². The fraction of sp³-hybridized carbons (Fsp3) is 0.550. The monoisotopic (exact) mass is 514 g/mol. The van der Waals surface area contributed by atoms with Gasteiger partial charge in [0.25, 0.3) is 0 Å². The number of hydrogen-bond donors (Lipinski definition) is 2. The van der Waals surface area contributed by atoms with Gasteiger partial charge >= 0.3 is 0 Å². The number of aliphatic imine (C=N–C) groups is 1. The smallest absolute Gasteiger partial charge is 0.191 e. The van der Waals surface area contributed by atoms with Crippen LogP contribution in [0.15, 0.2) is 29.3 Å². The van der Waals surface area contributed by atoms with Gasteiger partial charge < -0.3 is 20.1 Å². The van der Waals surface area contributed by atoms with Gasteiger partial charge in [0.1, 0.15) is 18.2 Å². The Bertz CT molecular complexity index is 810. The van der Waals surface area contributed by atoms with Gasteiger partial charge in [-0.1, -0.05) is 25.1 Å². The van der Waals surface area contributed by atoms with Crippen LogP contribution in [0.1, 0.15) is 36.5 Å². The zero-order valence-electron chi connectivity index (χ0n) is 17.5. The number of aromatic nitrogens is 3. The molecule has 2 atom stereocenters. The minimum absolute atomic E-state index is 0. The van der Waals surface area contributed by atoms with E-state index in [1.54, 1.807) is 21.3 Å². The van der Waals surface area contributed by atoms with E-state index in [0.717, 1.165) is 49.3 Å². The lowest BCUT2D eigenvalue weighted by atomic mass is 10.0. The zero-order valence-corrected chi connectivity index (χ0v) is 19.8. The zero-order chi connectivity index (χ0) is 19.9. The number of fused-ring (bicyclic) bond motifs is 1. The lowest BCUT2D eigenvalue weighted by Crippen LogP contribution is -2.47.